The molecule has 0 unspecified atom stereocenters. The first-order valence-electron chi connectivity index (χ1n) is 5.12. The van der Waals surface area contributed by atoms with E-state index in [1.54, 1.807) is 12.1 Å². The number of halogens is 2. The van der Waals surface area contributed by atoms with Gasteiger partial charge in [-0.1, -0.05) is 12.1 Å². The van der Waals surface area contributed by atoms with Crippen LogP contribution in [0.3, 0.4) is 0 Å². The van der Waals surface area contributed by atoms with Gasteiger partial charge in [-0.15, -0.1) is 0 Å². The van der Waals surface area contributed by atoms with Crippen molar-refractivity contribution in [1.29, 1.82) is 0 Å². The number of anilines is 2. The molecule has 0 radical (unpaired) electrons. The van der Waals surface area contributed by atoms with Gasteiger partial charge in [0.25, 0.3) is 0 Å². The van der Waals surface area contributed by atoms with Gasteiger partial charge in [-0.05, 0) is 24.3 Å². The second kappa shape index (κ2) is 4.83. The minimum absolute atomic E-state index is 0.0150. The summed E-state index contributed by atoms with van der Waals surface area (Å²) in [5, 5.41) is 11.6. The van der Waals surface area contributed by atoms with E-state index in [1.165, 1.54) is 18.2 Å². The van der Waals surface area contributed by atoms with E-state index in [4.69, 9.17) is 5.11 Å². The van der Waals surface area contributed by atoms with Crippen LogP contribution in [0.25, 0.3) is 0 Å². The second-order valence-corrected chi connectivity index (χ2v) is 3.60. The van der Waals surface area contributed by atoms with E-state index in [0.717, 1.165) is 12.1 Å². The van der Waals surface area contributed by atoms with Crippen molar-refractivity contribution in [2.75, 3.05) is 5.32 Å². The Bertz CT molecular complexity index is 599. The number of carboxylic acids is 1. The van der Waals surface area contributed by atoms with Crippen molar-refractivity contribution in [2.45, 2.75) is 0 Å². The van der Waals surface area contributed by atoms with Crippen molar-refractivity contribution in [2.24, 2.45) is 0 Å². The van der Waals surface area contributed by atoms with Crippen LogP contribution in [0.2, 0.25) is 0 Å². The highest BCUT2D eigenvalue weighted by atomic mass is 19.1. The molecule has 0 fully saturated rings. The number of nitrogens with one attached hydrogen (secondary N) is 1. The van der Waals surface area contributed by atoms with Crippen LogP contribution in [-0.4, -0.2) is 11.1 Å². The van der Waals surface area contributed by atoms with Crippen molar-refractivity contribution in [3.8, 4) is 0 Å². The van der Waals surface area contributed by atoms with Crippen LogP contribution in [0.5, 0.6) is 0 Å². The number of aromatic carboxylic acids is 1. The zero-order valence-electron chi connectivity index (χ0n) is 9.15. The quantitative estimate of drug-likeness (QED) is 0.876. The fraction of sp³-hybridized carbons (Fsp3) is 0. The molecule has 5 heteroatoms. The standard InChI is InChI=1S/C13H9F2NO2/c14-8-5-6-12(10(15)7-8)16-11-4-2-1-3-9(11)13(17)18/h1-7,16H,(H,17,18). The topological polar surface area (TPSA) is 49.3 Å². The van der Waals surface area contributed by atoms with E-state index in [9.17, 15) is 13.6 Å². The average molecular weight is 249 g/mol. The highest BCUT2D eigenvalue weighted by Gasteiger charge is 2.11. The summed E-state index contributed by atoms with van der Waals surface area (Å²) in [5.41, 5.74) is 0.279. The summed E-state index contributed by atoms with van der Waals surface area (Å²) in [6, 6.07) is 9.12. The van der Waals surface area contributed by atoms with Crippen molar-refractivity contribution in [1.82, 2.24) is 0 Å². The molecule has 0 atom stereocenters. The molecule has 0 aromatic heterocycles. The van der Waals surface area contributed by atoms with E-state index in [1.807, 2.05) is 0 Å². The monoisotopic (exact) mass is 249 g/mol. The molecule has 2 N–H and O–H groups in total. The molecular weight excluding hydrogens is 240 g/mol. The Kier molecular flexibility index (Phi) is 3.23. The molecule has 2 rings (SSSR count). The molecule has 0 spiro atoms. The second-order valence-electron chi connectivity index (χ2n) is 3.60. The van der Waals surface area contributed by atoms with Crippen LogP contribution < -0.4 is 5.32 Å². The first kappa shape index (κ1) is 12.0. The van der Waals surface area contributed by atoms with Crippen LogP contribution in [0, 0.1) is 11.6 Å². The van der Waals surface area contributed by atoms with Crippen molar-refractivity contribution < 1.29 is 18.7 Å². The summed E-state index contributed by atoms with van der Waals surface area (Å²) in [6.45, 7) is 0. The SMILES string of the molecule is O=C(O)c1ccccc1Nc1ccc(F)cc1F. The lowest BCUT2D eigenvalue weighted by molar-refractivity contribution is 0.0698. The fourth-order valence-electron chi connectivity index (χ4n) is 1.51. The van der Waals surface area contributed by atoms with E-state index in [0.29, 0.717) is 0 Å². The summed E-state index contributed by atoms with van der Waals surface area (Å²) >= 11 is 0. The van der Waals surface area contributed by atoms with Gasteiger partial charge >= 0.3 is 5.97 Å². The maximum atomic E-state index is 13.4. The van der Waals surface area contributed by atoms with Gasteiger partial charge in [-0.3, -0.25) is 0 Å². The smallest absolute Gasteiger partial charge is 0.337 e. The maximum absolute atomic E-state index is 13.4. The van der Waals surface area contributed by atoms with Gasteiger partial charge < -0.3 is 10.4 Å². The maximum Gasteiger partial charge on any atom is 0.337 e. The molecule has 0 saturated heterocycles. The van der Waals surface area contributed by atoms with Crippen molar-refractivity contribution in [3.05, 3.63) is 59.7 Å². The summed E-state index contributed by atoms with van der Waals surface area (Å²) in [4.78, 5) is 11.0. The molecule has 18 heavy (non-hydrogen) atoms. The molecule has 0 aliphatic rings. The van der Waals surface area contributed by atoms with Crippen LogP contribution in [0.4, 0.5) is 20.2 Å². The Balaban J connectivity index is 2.37. The molecule has 0 aliphatic carbocycles. The largest absolute Gasteiger partial charge is 0.478 e. The van der Waals surface area contributed by atoms with E-state index in [2.05, 4.69) is 5.32 Å². The van der Waals surface area contributed by atoms with E-state index < -0.39 is 17.6 Å². The van der Waals surface area contributed by atoms with Gasteiger partial charge in [0.05, 0.1) is 16.9 Å². The lowest BCUT2D eigenvalue weighted by Gasteiger charge is -2.10. The number of rotatable bonds is 3. The predicted molar refractivity (Wildman–Crippen MR) is 63.0 cm³/mol. The van der Waals surface area contributed by atoms with Gasteiger partial charge in [0.1, 0.15) is 11.6 Å². The molecule has 0 heterocycles. The van der Waals surface area contributed by atoms with Crippen LogP contribution >= 0.6 is 0 Å². The molecule has 0 bridgehead atoms. The Labute approximate surface area is 102 Å². The summed E-state index contributed by atoms with van der Waals surface area (Å²) in [6.07, 6.45) is 0. The molecule has 2 aromatic carbocycles. The lowest BCUT2D eigenvalue weighted by Crippen LogP contribution is -2.03. The van der Waals surface area contributed by atoms with E-state index >= 15 is 0 Å². The highest BCUT2D eigenvalue weighted by molar-refractivity contribution is 5.95. The number of carbonyl (C=O) groups is 1. The Morgan fingerprint density at radius 1 is 1.06 bits per heavy atom. The molecular formula is C13H9F2NO2. The lowest BCUT2D eigenvalue weighted by atomic mass is 10.1. The summed E-state index contributed by atoms with van der Waals surface area (Å²) in [5.74, 6) is -2.60. The third kappa shape index (κ3) is 2.45. The number of para-hydroxylation sites is 1. The molecule has 0 amide bonds. The average Bonchev–Trinajstić information content (AvgIpc) is 2.33. The van der Waals surface area contributed by atoms with E-state index in [-0.39, 0.29) is 16.9 Å². The van der Waals surface area contributed by atoms with Crippen LogP contribution in [0.15, 0.2) is 42.5 Å². The Hall–Kier alpha value is -2.43. The Morgan fingerprint density at radius 3 is 2.44 bits per heavy atom. The number of carboxylic acid groups (broad SMARTS) is 1. The molecule has 0 aliphatic heterocycles. The van der Waals surface area contributed by atoms with Crippen molar-refractivity contribution in [3.63, 3.8) is 0 Å². The minimum atomic E-state index is -1.12. The molecule has 2 aromatic rings. The zero-order chi connectivity index (χ0) is 13.1. The third-order valence-corrected chi connectivity index (χ3v) is 2.36. The van der Waals surface area contributed by atoms with Gasteiger partial charge in [0, 0.05) is 6.07 Å². The molecule has 0 saturated carbocycles. The van der Waals surface area contributed by atoms with Gasteiger partial charge in [-0.25, -0.2) is 13.6 Å². The van der Waals surface area contributed by atoms with Gasteiger partial charge in [0.15, 0.2) is 0 Å². The third-order valence-electron chi connectivity index (χ3n) is 2.36. The van der Waals surface area contributed by atoms with Crippen LogP contribution in [-0.2, 0) is 0 Å². The first-order valence-corrected chi connectivity index (χ1v) is 5.12. The Morgan fingerprint density at radius 2 is 1.78 bits per heavy atom. The number of benzene rings is 2. The summed E-state index contributed by atoms with van der Waals surface area (Å²) < 4.78 is 26.2. The molecule has 3 nitrogen and oxygen atoms in total. The van der Waals surface area contributed by atoms with Crippen molar-refractivity contribution >= 4 is 17.3 Å². The number of hydrogen-bond acceptors (Lipinski definition) is 2. The van der Waals surface area contributed by atoms with Gasteiger partial charge in [0.2, 0.25) is 0 Å². The van der Waals surface area contributed by atoms with Gasteiger partial charge in [-0.2, -0.15) is 0 Å². The summed E-state index contributed by atoms with van der Waals surface area (Å²) in [7, 11) is 0. The molecule has 92 valence electrons. The fourth-order valence-corrected chi connectivity index (χ4v) is 1.51. The first-order chi connectivity index (χ1) is 8.58. The minimum Gasteiger partial charge on any atom is -0.478 e. The predicted octanol–water partition coefficient (Wildman–Crippen LogP) is 3.41. The highest BCUT2D eigenvalue weighted by Crippen LogP contribution is 2.23. The van der Waals surface area contributed by atoms with Crippen LogP contribution in [0.1, 0.15) is 10.4 Å². The number of hydrogen-bond donors (Lipinski definition) is 2. The normalized spacial score (nSPS) is 10.1. The zero-order valence-corrected chi connectivity index (χ0v) is 9.15.